The van der Waals surface area contributed by atoms with Gasteiger partial charge in [0.1, 0.15) is 16.4 Å². The van der Waals surface area contributed by atoms with E-state index in [-0.39, 0.29) is 9.92 Å². The molecule has 0 saturated carbocycles. The monoisotopic (exact) mass is 479 g/mol. The van der Waals surface area contributed by atoms with Gasteiger partial charge in [-0.1, -0.05) is 23.7 Å². The molecule has 2 aromatic carbocycles. The Labute approximate surface area is 190 Å². The number of aromatic nitrogens is 1. The molecule has 1 saturated heterocycles. The highest BCUT2D eigenvalue weighted by Gasteiger charge is 2.30. The number of ether oxygens (including phenoxy) is 2. The Morgan fingerprint density at radius 1 is 1.03 bits per heavy atom. The summed E-state index contributed by atoms with van der Waals surface area (Å²) in [5, 5.41) is 3.07. The molecule has 10 heteroatoms. The molecule has 3 aromatic rings. The molecule has 0 bridgehead atoms. The maximum Gasteiger partial charge on any atom is 0.244 e. The second-order valence-electron chi connectivity index (χ2n) is 6.90. The lowest BCUT2D eigenvalue weighted by atomic mass is 10.1. The van der Waals surface area contributed by atoms with Gasteiger partial charge in [0, 0.05) is 43.2 Å². The molecule has 0 unspecified atom stereocenters. The third kappa shape index (κ3) is 4.36. The summed E-state index contributed by atoms with van der Waals surface area (Å²) in [6.07, 6.45) is 0. The minimum atomic E-state index is -3.62. The van der Waals surface area contributed by atoms with Crippen molar-refractivity contribution in [2.24, 2.45) is 0 Å². The van der Waals surface area contributed by atoms with E-state index in [1.54, 1.807) is 38.5 Å². The van der Waals surface area contributed by atoms with E-state index in [2.05, 4.69) is 4.90 Å². The van der Waals surface area contributed by atoms with Crippen LogP contribution in [0.15, 0.2) is 52.7 Å². The number of methoxy groups -OCH3 is 2. The van der Waals surface area contributed by atoms with Gasteiger partial charge in [0.2, 0.25) is 10.0 Å². The topological polar surface area (TPSA) is 72.0 Å². The maximum atomic E-state index is 12.9. The zero-order chi connectivity index (χ0) is 22.0. The molecular formula is C21H22ClN3O4S2. The summed E-state index contributed by atoms with van der Waals surface area (Å²) in [6.45, 7) is 1.84. The molecule has 31 heavy (non-hydrogen) atoms. The van der Waals surface area contributed by atoms with Gasteiger partial charge in [0.15, 0.2) is 5.13 Å². The van der Waals surface area contributed by atoms with Crippen LogP contribution in [-0.4, -0.2) is 58.1 Å². The number of anilines is 1. The number of sulfonamides is 1. The lowest BCUT2D eigenvalue weighted by Crippen LogP contribution is -2.48. The third-order valence-electron chi connectivity index (χ3n) is 5.14. The van der Waals surface area contributed by atoms with Crippen molar-refractivity contribution in [3.8, 4) is 22.8 Å². The summed E-state index contributed by atoms with van der Waals surface area (Å²) in [4.78, 5) is 7.01. The van der Waals surface area contributed by atoms with E-state index in [9.17, 15) is 8.42 Å². The number of hydrogen-bond donors (Lipinski definition) is 0. The van der Waals surface area contributed by atoms with E-state index in [1.807, 2.05) is 23.6 Å². The van der Waals surface area contributed by atoms with E-state index < -0.39 is 10.0 Å². The van der Waals surface area contributed by atoms with Crippen molar-refractivity contribution in [3.63, 3.8) is 0 Å². The van der Waals surface area contributed by atoms with Crippen LogP contribution in [0.1, 0.15) is 0 Å². The molecule has 0 aliphatic carbocycles. The quantitative estimate of drug-likeness (QED) is 0.532. The second-order valence-corrected chi connectivity index (χ2v) is 10.1. The lowest BCUT2D eigenvalue weighted by Gasteiger charge is -2.33. The molecule has 0 radical (unpaired) electrons. The standard InChI is InChI=1S/C21H22ClN3O4S2/c1-28-15-7-8-16(19(13-15)29-2)18-14-30-21(23-18)24-9-11-25(12-10-24)31(26,27)20-6-4-3-5-17(20)22/h3-8,13-14H,9-12H2,1-2H3. The smallest absolute Gasteiger partial charge is 0.244 e. The third-order valence-corrected chi connectivity index (χ3v) is 8.44. The molecule has 2 heterocycles. The first-order chi connectivity index (χ1) is 14.9. The number of nitrogens with zero attached hydrogens (tertiary/aromatic N) is 3. The zero-order valence-corrected chi connectivity index (χ0v) is 19.5. The van der Waals surface area contributed by atoms with Crippen molar-refractivity contribution in [2.75, 3.05) is 45.3 Å². The predicted molar refractivity (Wildman–Crippen MR) is 123 cm³/mol. The van der Waals surface area contributed by atoms with Gasteiger partial charge in [-0.2, -0.15) is 4.31 Å². The summed E-state index contributed by atoms with van der Waals surface area (Å²) >= 11 is 7.64. The first-order valence-electron chi connectivity index (χ1n) is 9.61. The number of rotatable bonds is 6. The number of thiazole rings is 1. The second kappa shape index (κ2) is 9.04. The lowest BCUT2D eigenvalue weighted by molar-refractivity contribution is 0.384. The SMILES string of the molecule is COc1ccc(-c2csc(N3CCN(S(=O)(=O)c4ccccc4Cl)CC3)n2)c(OC)c1. The average Bonchev–Trinajstić information content (AvgIpc) is 3.29. The number of benzene rings is 2. The van der Waals surface area contributed by atoms with E-state index >= 15 is 0 Å². The van der Waals surface area contributed by atoms with Gasteiger partial charge >= 0.3 is 0 Å². The Bertz CT molecular complexity index is 1170. The molecule has 1 aliphatic rings. The van der Waals surface area contributed by atoms with Gasteiger partial charge < -0.3 is 14.4 Å². The average molecular weight is 480 g/mol. The molecule has 7 nitrogen and oxygen atoms in total. The molecule has 0 N–H and O–H groups in total. The van der Waals surface area contributed by atoms with Crippen LogP contribution in [0.5, 0.6) is 11.5 Å². The Morgan fingerprint density at radius 3 is 2.45 bits per heavy atom. The Hall–Kier alpha value is -2.33. The minimum absolute atomic E-state index is 0.147. The Morgan fingerprint density at radius 2 is 1.77 bits per heavy atom. The van der Waals surface area contributed by atoms with E-state index in [1.165, 1.54) is 15.6 Å². The van der Waals surface area contributed by atoms with Gasteiger partial charge in [-0.05, 0) is 24.3 Å². The van der Waals surface area contributed by atoms with E-state index in [4.69, 9.17) is 26.1 Å². The van der Waals surface area contributed by atoms with E-state index in [0.717, 1.165) is 16.4 Å². The van der Waals surface area contributed by atoms with Crippen molar-refractivity contribution >= 4 is 38.1 Å². The minimum Gasteiger partial charge on any atom is -0.497 e. The van der Waals surface area contributed by atoms with Crippen LogP contribution < -0.4 is 14.4 Å². The fourth-order valence-electron chi connectivity index (χ4n) is 3.46. The highest BCUT2D eigenvalue weighted by atomic mass is 35.5. The van der Waals surface area contributed by atoms with Gasteiger partial charge in [-0.3, -0.25) is 0 Å². The number of hydrogen-bond acceptors (Lipinski definition) is 7. The Kier molecular flexibility index (Phi) is 6.38. The summed E-state index contributed by atoms with van der Waals surface area (Å²) in [5.74, 6) is 1.40. The molecule has 164 valence electrons. The van der Waals surface area contributed by atoms with Crippen molar-refractivity contribution < 1.29 is 17.9 Å². The fraction of sp³-hybridized carbons (Fsp3) is 0.286. The van der Waals surface area contributed by atoms with Crippen molar-refractivity contribution in [3.05, 3.63) is 52.9 Å². The first kappa shape index (κ1) is 21.9. The van der Waals surface area contributed by atoms with Crippen LogP contribution in [0, 0.1) is 0 Å². The number of piperazine rings is 1. The molecule has 1 fully saturated rings. The van der Waals surface area contributed by atoms with Crippen LogP contribution in [0.25, 0.3) is 11.3 Å². The van der Waals surface area contributed by atoms with Gasteiger partial charge in [0.25, 0.3) is 0 Å². The van der Waals surface area contributed by atoms with Crippen molar-refractivity contribution in [1.82, 2.24) is 9.29 Å². The summed E-state index contributed by atoms with van der Waals surface area (Å²) in [5.41, 5.74) is 1.69. The predicted octanol–water partition coefficient (Wildman–Crippen LogP) is 3.99. The molecule has 0 spiro atoms. The molecule has 4 rings (SSSR count). The van der Waals surface area contributed by atoms with Gasteiger partial charge in [-0.25, -0.2) is 13.4 Å². The molecule has 1 aromatic heterocycles. The highest BCUT2D eigenvalue weighted by molar-refractivity contribution is 7.89. The number of halogens is 1. The normalized spacial score (nSPS) is 15.1. The van der Waals surface area contributed by atoms with Crippen LogP contribution >= 0.6 is 22.9 Å². The summed E-state index contributed by atoms with van der Waals surface area (Å²) < 4.78 is 38.1. The van der Waals surface area contributed by atoms with Crippen LogP contribution in [0.3, 0.4) is 0 Å². The van der Waals surface area contributed by atoms with E-state index in [0.29, 0.717) is 37.7 Å². The summed E-state index contributed by atoms with van der Waals surface area (Å²) in [6, 6.07) is 12.2. The van der Waals surface area contributed by atoms with Crippen molar-refractivity contribution in [1.29, 1.82) is 0 Å². The van der Waals surface area contributed by atoms with Crippen LogP contribution in [-0.2, 0) is 10.0 Å². The van der Waals surface area contributed by atoms with Gasteiger partial charge in [0.05, 0.1) is 24.9 Å². The van der Waals surface area contributed by atoms with Gasteiger partial charge in [-0.15, -0.1) is 11.3 Å². The summed E-state index contributed by atoms with van der Waals surface area (Å²) in [7, 11) is -0.395. The first-order valence-corrected chi connectivity index (χ1v) is 12.3. The molecule has 0 atom stereocenters. The molecule has 0 amide bonds. The maximum absolute atomic E-state index is 12.9. The van der Waals surface area contributed by atoms with Crippen LogP contribution in [0.2, 0.25) is 5.02 Å². The molecule has 1 aliphatic heterocycles. The largest absolute Gasteiger partial charge is 0.497 e. The Balaban J connectivity index is 1.48. The molecular weight excluding hydrogens is 458 g/mol. The highest BCUT2D eigenvalue weighted by Crippen LogP contribution is 2.36. The zero-order valence-electron chi connectivity index (χ0n) is 17.1. The van der Waals surface area contributed by atoms with Crippen molar-refractivity contribution in [2.45, 2.75) is 4.90 Å². The van der Waals surface area contributed by atoms with Crippen LogP contribution in [0.4, 0.5) is 5.13 Å². The fourth-order valence-corrected chi connectivity index (χ4v) is 6.25.